The van der Waals surface area contributed by atoms with Crippen molar-refractivity contribution in [3.05, 3.63) is 77.1 Å². The third-order valence-electron chi connectivity index (χ3n) is 6.05. The lowest BCUT2D eigenvalue weighted by Gasteiger charge is -2.32. The van der Waals surface area contributed by atoms with Crippen LogP contribution in [0, 0.1) is 6.92 Å². The van der Waals surface area contributed by atoms with Crippen LogP contribution in [-0.4, -0.2) is 48.5 Å². The Morgan fingerprint density at radius 2 is 1.76 bits per heavy atom. The van der Waals surface area contributed by atoms with E-state index >= 15 is 0 Å². The van der Waals surface area contributed by atoms with Crippen LogP contribution in [0.3, 0.4) is 0 Å². The molecule has 2 heterocycles. The van der Waals surface area contributed by atoms with E-state index in [9.17, 15) is 26.4 Å². The highest BCUT2D eigenvalue weighted by Crippen LogP contribution is 2.32. The molecule has 1 aliphatic rings. The number of sulfonamides is 1. The van der Waals surface area contributed by atoms with Gasteiger partial charge in [0.1, 0.15) is 5.75 Å². The normalized spacial score (nSPS) is 14.9. The Morgan fingerprint density at radius 3 is 2.38 bits per heavy atom. The highest BCUT2D eigenvalue weighted by Gasteiger charge is 2.33. The number of aromatic nitrogens is 2. The largest absolute Gasteiger partial charge is 0.433 e. The molecule has 0 aliphatic carbocycles. The molecule has 196 valence electrons. The summed E-state index contributed by atoms with van der Waals surface area (Å²) in [6, 6.07) is 12.3. The zero-order valence-electron chi connectivity index (χ0n) is 20.1. The molecule has 1 N–H and O–H groups in total. The van der Waals surface area contributed by atoms with E-state index in [1.54, 1.807) is 42.2 Å². The molecule has 1 aliphatic heterocycles. The van der Waals surface area contributed by atoms with E-state index in [4.69, 9.17) is 4.74 Å². The predicted octanol–water partition coefficient (Wildman–Crippen LogP) is 4.99. The fourth-order valence-electron chi connectivity index (χ4n) is 4.12. The van der Waals surface area contributed by atoms with Gasteiger partial charge in [0.15, 0.2) is 5.69 Å². The van der Waals surface area contributed by atoms with Crippen LogP contribution in [0.1, 0.15) is 45.9 Å². The lowest BCUT2D eigenvalue weighted by Crippen LogP contribution is -2.38. The number of carbonyl (C=O) groups is 1. The SMILES string of the molecule is Cc1ccc(C(=O)N2CCC(c3ccc(Oc4nccc(C(F)(F)F)n4)cc3)CC2)cc1NS(C)(=O)=O. The van der Waals surface area contributed by atoms with Gasteiger partial charge in [0.25, 0.3) is 5.91 Å². The Hall–Kier alpha value is -3.67. The van der Waals surface area contributed by atoms with Crippen LogP contribution in [0.4, 0.5) is 18.9 Å². The third kappa shape index (κ3) is 6.76. The first kappa shape index (κ1) is 26.4. The Labute approximate surface area is 212 Å². The van der Waals surface area contributed by atoms with E-state index < -0.39 is 21.9 Å². The molecule has 3 aromatic rings. The lowest BCUT2D eigenvalue weighted by molar-refractivity contribution is -0.141. The fraction of sp³-hybridized carbons (Fsp3) is 0.320. The van der Waals surface area contributed by atoms with Gasteiger partial charge in [-0.2, -0.15) is 18.2 Å². The van der Waals surface area contributed by atoms with Crippen LogP contribution < -0.4 is 9.46 Å². The highest BCUT2D eigenvalue weighted by atomic mass is 32.2. The monoisotopic (exact) mass is 534 g/mol. The first-order chi connectivity index (χ1) is 17.4. The van der Waals surface area contributed by atoms with Crippen LogP contribution in [0.2, 0.25) is 0 Å². The molecule has 0 spiro atoms. The van der Waals surface area contributed by atoms with E-state index in [0.717, 1.165) is 36.9 Å². The lowest BCUT2D eigenvalue weighted by atomic mass is 9.89. The second kappa shape index (κ2) is 10.4. The van der Waals surface area contributed by atoms with Gasteiger partial charge in [0.2, 0.25) is 10.0 Å². The molecule has 0 radical (unpaired) electrons. The number of benzene rings is 2. The summed E-state index contributed by atoms with van der Waals surface area (Å²) in [5.41, 5.74) is 1.45. The molecule has 4 rings (SSSR count). The van der Waals surface area contributed by atoms with E-state index in [0.29, 0.717) is 35.7 Å². The number of nitrogens with zero attached hydrogens (tertiary/aromatic N) is 3. The number of nitrogens with one attached hydrogen (secondary N) is 1. The van der Waals surface area contributed by atoms with Crippen molar-refractivity contribution >= 4 is 21.6 Å². The number of likely N-dealkylation sites (tertiary alicyclic amines) is 1. The molecule has 0 atom stereocenters. The molecule has 0 saturated carbocycles. The molecular formula is C25H25F3N4O4S. The summed E-state index contributed by atoms with van der Waals surface area (Å²) in [7, 11) is -3.47. The van der Waals surface area contributed by atoms with Gasteiger partial charge in [0.05, 0.1) is 11.9 Å². The Bertz CT molecular complexity index is 1390. The van der Waals surface area contributed by atoms with Crippen LogP contribution in [-0.2, 0) is 16.2 Å². The number of amides is 1. The number of aryl methyl sites for hydroxylation is 1. The maximum Gasteiger partial charge on any atom is 0.433 e. The summed E-state index contributed by atoms with van der Waals surface area (Å²) in [6.07, 6.45) is -1.08. The second-order valence-electron chi connectivity index (χ2n) is 8.86. The van der Waals surface area contributed by atoms with Gasteiger partial charge in [-0.05, 0) is 67.1 Å². The van der Waals surface area contributed by atoms with Gasteiger partial charge >= 0.3 is 12.2 Å². The van der Waals surface area contributed by atoms with Gasteiger partial charge in [-0.15, -0.1) is 0 Å². The van der Waals surface area contributed by atoms with Crippen molar-refractivity contribution in [1.82, 2.24) is 14.9 Å². The van der Waals surface area contributed by atoms with Crippen molar-refractivity contribution in [3.8, 4) is 11.8 Å². The quantitative estimate of drug-likeness (QED) is 0.478. The van der Waals surface area contributed by atoms with Gasteiger partial charge in [-0.1, -0.05) is 18.2 Å². The first-order valence-electron chi connectivity index (χ1n) is 11.4. The highest BCUT2D eigenvalue weighted by molar-refractivity contribution is 7.92. The summed E-state index contributed by atoms with van der Waals surface area (Å²) in [5, 5.41) is 0. The number of hydrogen-bond donors (Lipinski definition) is 1. The molecular weight excluding hydrogens is 509 g/mol. The van der Waals surface area contributed by atoms with Gasteiger partial charge in [0, 0.05) is 24.8 Å². The second-order valence-corrected chi connectivity index (χ2v) is 10.6. The molecule has 1 fully saturated rings. The standard InChI is InChI=1S/C25H25F3N4O4S/c1-16-3-4-19(15-21(16)31-37(2,34)35)23(33)32-13-10-18(11-14-32)17-5-7-20(8-6-17)36-24-29-12-9-22(30-24)25(26,27)28/h3-9,12,15,18,31H,10-11,13-14H2,1-2H3. The number of carbonyl (C=O) groups excluding carboxylic acids is 1. The van der Waals surface area contributed by atoms with Crippen LogP contribution in [0.15, 0.2) is 54.7 Å². The van der Waals surface area contributed by atoms with Crippen LogP contribution >= 0.6 is 0 Å². The van der Waals surface area contributed by atoms with E-state index in [1.807, 2.05) is 12.1 Å². The summed E-state index contributed by atoms with van der Waals surface area (Å²) < 4.78 is 69.5. The summed E-state index contributed by atoms with van der Waals surface area (Å²) in [4.78, 5) is 21.9. The Balaban J connectivity index is 1.36. The molecule has 0 bridgehead atoms. The smallest absolute Gasteiger partial charge is 0.424 e. The number of ether oxygens (including phenoxy) is 1. The number of hydrogen-bond acceptors (Lipinski definition) is 6. The zero-order valence-corrected chi connectivity index (χ0v) is 20.9. The third-order valence-corrected chi connectivity index (χ3v) is 6.64. The minimum Gasteiger partial charge on any atom is -0.424 e. The van der Waals surface area contributed by atoms with Crippen molar-refractivity contribution in [1.29, 1.82) is 0 Å². The Morgan fingerprint density at radius 1 is 1.08 bits per heavy atom. The summed E-state index contributed by atoms with van der Waals surface area (Å²) in [6.45, 7) is 2.82. The van der Waals surface area contributed by atoms with E-state index in [-0.39, 0.29) is 17.8 Å². The predicted molar refractivity (Wildman–Crippen MR) is 131 cm³/mol. The summed E-state index contributed by atoms with van der Waals surface area (Å²) >= 11 is 0. The maximum absolute atomic E-state index is 13.0. The molecule has 8 nitrogen and oxygen atoms in total. The summed E-state index contributed by atoms with van der Waals surface area (Å²) in [5.74, 6) is 0.344. The zero-order chi connectivity index (χ0) is 26.8. The maximum atomic E-state index is 13.0. The number of halogens is 3. The van der Waals surface area contributed by atoms with Crippen molar-refractivity contribution in [2.24, 2.45) is 0 Å². The van der Waals surface area contributed by atoms with Crippen molar-refractivity contribution < 1.29 is 31.1 Å². The van der Waals surface area contributed by atoms with Crippen LogP contribution in [0.5, 0.6) is 11.8 Å². The van der Waals surface area contributed by atoms with Gasteiger partial charge in [-0.25, -0.2) is 13.4 Å². The minimum atomic E-state index is -4.59. The molecule has 0 unspecified atom stereocenters. The molecule has 1 aromatic heterocycles. The molecule has 2 aromatic carbocycles. The fourth-order valence-corrected chi connectivity index (χ4v) is 4.74. The topological polar surface area (TPSA) is 101 Å². The number of piperidine rings is 1. The number of rotatable bonds is 6. The Kier molecular flexibility index (Phi) is 7.39. The average molecular weight is 535 g/mol. The van der Waals surface area contributed by atoms with Crippen LogP contribution in [0.25, 0.3) is 0 Å². The minimum absolute atomic E-state index is 0.167. The molecule has 37 heavy (non-hydrogen) atoms. The van der Waals surface area contributed by atoms with Gasteiger partial charge in [-0.3, -0.25) is 9.52 Å². The molecule has 12 heteroatoms. The molecule has 1 amide bonds. The molecule has 1 saturated heterocycles. The number of anilines is 1. The van der Waals surface area contributed by atoms with Gasteiger partial charge < -0.3 is 9.64 Å². The van der Waals surface area contributed by atoms with Crippen molar-refractivity contribution in [2.75, 3.05) is 24.1 Å². The first-order valence-corrected chi connectivity index (χ1v) is 13.3. The number of alkyl halides is 3. The average Bonchev–Trinajstić information content (AvgIpc) is 2.84. The van der Waals surface area contributed by atoms with E-state index in [1.165, 1.54) is 0 Å². The van der Waals surface area contributed by atoms with Crippen molar-refractivity contribution in [3.63, 3.8) is 0 Å². The van der Waals surface area contributed by atoms with Crippen molar-refractivity contribution in [2.45, 2.75) is 31.9 Å². The van der Waals surface area contributed by atoms with E-state index in [2.05, 4.69) is 14.7 Å².